The zero-order chi connectivity index (χ0) is 16.5. The molecule has 0 aliphatic rings. The summed E-state index contributed by atoms with van der Waals surface area (Å²) in [6.45, 7) is 7.55. The summed E-state index contributed by atoms with van der Waals surface area (Å²) in [6.07, 6.45) is 2.87. The molecule has 0 heterocycles. The van der Waals surface area contributed by atoms with Crippen LogP contribution in [0.15, 0.2) is 54.6 Å². The molecule has 2 heteroatoms. The van der Waals surface area contributed by atoms with E-state index in [-0.39, 0.29) is 6.10 Å². The molecule has 0 aliphatic heterocycles. The van der Waals surface area contributed by atoms with Gasteiger partial charge < -0.3 is 10.0 Å². The standard InChI is InChI=1S/C21H29NO/c1-3-5-16-22(4-2)17-15-21(23)20-13-11-19(12-14-20)18-9-7-6-8-10-18/h6-14,21,23H,3-5,15-17H2,1-2H3. The topological polar surface area (TPSA) is 23.5 Å². The maximum absolute atomic E-state index is 10.4. The van der Waals surface area contributed by atoms with E-state index >= 15 is 0 Å². The van der Waals surface area contributed by atoms with Crippen LogP contribution in [0.4, 0.5) is 0 Å². The minimum Gasteiger partial charge on any atom is -0.388 e. The van der Waals surface area contributed by atoms with Gasteiger partial charge in [-0.15, -0.1) is 0 Å². The second kappa shape index (κ2) is 9.49. The molecule has 0 radical (unpaired) electrons. The van der Waals surface area contributed by atoms with E-state index in [4.69, 9.17) is 0 Å². The van der Waals surface area contributed by atoms with Crippen molar-refractivity contribution in [2.45, 2.75) is 39.2 Å². The molecule has 0 amide bonds. The van der Waals surface area contributed by atoms with Crippen LogP contribution in [0.5, 0.6) is 0 Å². The molecule has 2 aromatic rings. The molecule has 124 valence electrons. The first-order chi connectivity index (χ1) is 11.2. The molecular formula is C21H29NO. The SMILES string of the molecule is CCCCN(CC)CCC(O)c1ccc(-c2ccccc2)cc1. The van der Waals surface area contributed by atoms with Gasteiger partial charge in [0.2, 0.25) is 0 Å². The van der Waals surface area contributed by atoms with Gasteiger partial charge in [0.1, 0.15) is 0 Å². The van der Waals surface area contributed by atoms with Gasteiger partial charge in [0, 0.05) is 6.54 Å². The lowest BCUT2D eigenvalue weighted by molar-refractivity contribution is 0.143. The van der Waals surface area contributed by atoms with Gasteiger partial charge in [0.25, 0.3) is 0 Å². The molecule has 0 fully saturated rings. The lowest BCUT2D eigenvalue weighted by Gasteiger charge is -2.22. The Morgan fingerprint density at radius 2 is 1.52 bits per heavy atom. The van der Waals surface area contributed by atoms with Crippen molar-refractivity contribution in [1.29, 1.82) is 0 Å². The summed E-state index contributed by atoms with van der Waals surface area (Å²) < 4.78 is 0. The second-order valence-electron chi connectivity index (χ2n) is 6.08. The predicted molar refractivity (Wildman–Crippen MR) is 98.5 cm³/mol. The van der Waals surface area contributed by atoms with Crippen molar-refractivity contribution in [2.75, 3.05) is 19.6 Å². The zero-order valence-electron chi connectivity index (χ0n) is 14.4. The average molecular weight is 311 g/mol. The molecule has 0 spiro atoms. The molecule has 0 saturated heterocycles. The van der Waals surface area contributed by atoms with Crippen molar-refractivity contribution in [3.8, 4) is 11.1 Å². The van der Waals surface area contributed by atoms with E-state index in [0.717, 1.165) is 31.6 Å². The van der Waals surface area contributed by atoms with Crippen LogP contribution >= 0.6 is 0 Å². The van der Waals surface area contributed by atoms with Gasteiger partial charge in [-0.1, -0.05) is 74.9 Å². The van der Waals surface area contributed by atoms with Crippen LogP contribution in [-0.4, -0.2) is 29.6 Å². The first kappa shape index (κ1) is 17.7. The molecule has 23 heavy (non-hydrogen) atoms. The number of benzene rings is 2. The molecule has 0 aromatic heterocycles. The van der Waals surface area contributed by atoms with Crippen molar-refractivity contribution < 1.29 is 5.11 Å². The summed E-state index contributed by atoms with van der Waals surface area (Å²) in [5.41, 5.74) is 3.42. The normalized spacial score (nSPS) is 12.5. The molecule has 1 N–H and O–H groups in total. The molecule has 2 aromatic carbocycles. The minimum absolute atomic E-state index is 0.379. The number of nitrogens with zero attached hydrogens (tertiary/aromatic N) is 1. The quantitative estimate of drug-likeness (QED) is 0.712. The molecule has 1 unspecified atom stereocenters. The lowest BCUT2D eigenvalue weighted by Crippen LogP contribution is -2.26. The van der Waals surface area contributed by atoms with Gasteiger partial charge in [-0.2, -0.15) is 0 Å². The van der Waals surface area contributed by atoms with Gasteiger partial charge in [-0.05, 0) is 42.6 Å². The number of hydrogen-bond acceptors (Lipinski definition) is 2. The molecule has 2 rings (SSSR count). The first-order valence-corrected chi connectivity index (χ1v) is 8.80. The number of aliphatic hydroxyl groups is 1. The van der Waals surface area contributed by atoms with Gasteiger partial charge in [0.15, 0.2) is 0 Å². The van der Waals surface area contributed by atoms with Crippen LogP contribution in [0.25, 0.3) is 11.1 Å². The summed E-state index contributed by atoms with van der Waals surface area (Å²) >= 11 is 0. The second-order valence-corrected chi connectivity index (χ2v) is 6.08. The Balaban J connectivity index is 1.91. The number of rotatable bonds is 9. The summed E-state index contributed by atoms with van der Waals surface area (Å²) in [5, 5.41) is 10.4. The molecule has 0 saturated carbocycles. The fourth-order valence-electron chi connectivity index (χ4n) is 2.81. The Morgan fingerprint density at radius 3 is 2.13 bits per heavy atom. The van der Waals surface area contributed by atoms with Crippen LogP contribution in [0.1, 0.15) is 44.8 Å². The monoisotopic (exact) mass is 311 g/mol. The Bertz CT molecular complexity index is 550. The summed E-state index contributed by atoms with van der Waals surface area (Å²) in [7, 11) is 0. The minimum atomic E-state index is -0.379. The number of hydrogen-bond donors (Lipinski definition) is 1. The molecule has 0 bridgehead atoms. The Labute approximate surface area is 140 Å². The van der Waals surface area contributed by atoms with E-state index in [9.17, 15) is 5.11 Å². The van der Waals surface area contributed by atoms with Crippen molar-refractivity contribution in [3.63, 3.8) is 0 Å². The Hall–Kier alpha value is -1.64. The fraction of sp³-hybridized carbons (Fsp3) is 0.429. The third-order valence-electron chi connectivity index (χ3n) is 4.40. The maximum atomic E-state index is 10.4. The fourth-order valence-corrected chi connectivity index (χ4v) is 2.81. The van der Waals surface area contributed by atoms with Crippen LogP contribution in [0.2, 0.25) is 0 Å². The summed E-state index contributed by atoms with van der Waals surface area (Å²) in [5.74, 6) is 0. The third-order valence-corrected chi connectivity index (χ3v) is 4.40. The van der Waals surface area contributed by atoms with Crippen molar-refractivity contribution in [3.05, 3.63) is 60.2 Å². The van der Waals surface area contributed by atoms with Crippen LogP contribution in [0.3, 0.4) is 0 Å². The highest BCUT2D eigenvalue weighted by Gasteiger charge is 2.10. The molecule has 0 aliphatic carbocycles. The van der Waals surface area contributed by atoms with Gasteiger partial charge in [-0.3, -0.25) is 0 Å². The largest absolute Gasteiger partial charge is 0.388 e. The number of aliphatic hydroxyl groups excluding tert-OH is 1. The summed E-state index contributed by atoms with van der Waals surface area (Å²) in [6, 6.07) is 18.6. The zero-order valence-corrected chi connectivity index (χ0v) is 14.4. The molecule has 1 atom stereocenters. The van der Waals surface area contributed by atoms with Crippen LogP contribution in [-0.2, 0) is 0 Å². The smallest absolute Gasteiger partial charge is 0.0802 e. The van der Waals surface area contributed by atoms with E-state index in [1.807, 2.05) is 18.2 Å². The van der Waals surface area contributed by atoms with E-state index in [2.05, 4.69) is 55.1 Å². The van der Waals surface area contributed by atoms with Crippen LogP contribution in [0, 0.1) is 0 Å². The maximum Gasteiger partial charge on any atom is 0.0802 e. The van der Waals surface area contributed by atoms with E-state index in [0.29, 0.717) is 0 Å². The molecule has 2 nitrogen and oxygen atoms in total. The van der Waals surface area contributed by atoms with Crippen molar-refractivity contribution >= 4 is 0 Å². The third kappa shape index (κ3) is 5.49. The Morgan fingerprint density at radius 1 is 0.870 bits per heavy atom. The van der Waals surface area contributed by atoms with Crippen LogP contribution < -0.4 is 0 Å². The average Bonchev–Trinajstić information content (AvgIpc) is 2.62. The number of unbranched alkanes of at least 4 members (excludes halogenated alkanes) is 1. The Kier molecular flexibility index (Phi) is 7.31. The predicted octanol–water partition coefficient (Wildman–Crippen LogP) is 4.90. The van der Waals surface area contributed by atoms with Crippen molar-refractivity contribution in [2.24, 2.45) is 0 Å². The lowest BCUT2D eigenvalue weighted by atomic mass is 10.0. The highest BCUT2D eigenvalue weighted by Crippen LogP contribution is 2.23. The van der Waals surface area contributed by atoms with Gasteiger partial charge in [0.05, 0.1) is 6.10 Å². The van der Waals surface area contributed by atoms with E-state index in [1.54, 1.807) is 0 Å². The van der Waals surface area contributed by atoms with E-state index < -0.39 is 0 Å². The van der Waals surface area contributed by atoms with Crippen molar-refractivity contribution in [1.82, 2.24) is 4.90 Å². The van der Waals surface area contributed by atoms with E-state index in [1.165, 1.54) is 24.0 Å². The molecular weight excluding hydrogens is 282 g/mol. The van der Waals surface area contributed by atoms with Gasteiger partial charge >= 0.3 is 0 Å². The summed E-state index contributed by atoms with van der Waals surface area (Å²) in [4.78, 5) is 2.42. The highest BCUT2D eigenvalue weighted by molar-refractivity contribution is 5.63. The van der Waals surface area contributed by atoms with Gasteiger partial charge in [-0.25, -0.2) is 0 Å². The highest BCUT2D eigenvalue weighted by atomic mass is 16.3. The first-order valence-electron chi connectivity index (χ1n) is 8.80.